The molecule has 1 rings (SSSR count). The van der Waals surface area contributed by atoms with Gasteiger partial charge in [0.25, 0.3) is 0 Å². The Morgan fingerprint density at radius 2 is 2.11 bits per heavy atom. The van der Waals surface area contributed by atoms with Crippen molar-refractivity contribution in [1.82, 2.24) is 19.8 Å². The Kier molecular flexibility index (Phi) is 7.75. The number of hydrogen-bond donors (Lipinski definition) is 1. The number of imidazole rings is 1. The third-order valence-corrected chi connectivity index (χ3v) is 3.28. The van der Waals surface area contributed by atoms with Gasteiger partial charge in [0.2, 0.25) is 0 Å². The minimum Gasteiger partial charge on any atom is -0.337 e. The van der Waals surface area contributed by atoms with Crippen LogP contribution in [0.15, 0.2) is 12.4 Å². The topological polar surface area (TPSA) is 33.1 Å². The third kappa shape index (κ3) is 7.33. The van der Waals surface area contributed by atoms with Gasteiger partial charge in [-0.15, -0.1) is 0 Å². The molecule has 0 amide bonds. The molecule has 0 radical (unpaired) electrons. The fourth-order valence-electron chi connectivity index (χ4n) is 2.07. The van der Waals surface area contributed by atoms with Gasteiger partial charge in [-0.1, -0.05) is 20.3 Å². The second-order valence-corrected chi connectivity index (χ2v) is 5.85. The second kappa shape index (κ2) is 9.10. The molecule has 0 aromatic carbocycles. The van der Waals surface area contributed by atoms with Crippen molar-refractivity contribution in [3.05, 3.63) is 18.2 Å². The largest absolute Gasteiger partial charge is 0.337 e. The Labute approximate surface area is 118 Å². The van der Waals surface area contributed by atoms with Crippen LogP contribution < -0.4 is 5.32 Å². The summed E-state index contributed by atoms with van der Waals surface area (Å²) in [6, 6.07) is 0. The molecule has 0 spiro atoms. The summed E-state index contributed by atoms with van der Waals surface area (Å²) in [7, 11) is 4.22. The van der Waals surface area contributed by atoms with Crippen LogP contribution in [0.5, 0.6) is 0 Å². The van der Waals surface area contributed by atoms with Crippen molar-refractivity contribution in [1.29, 1.82) is 0 Å². The average Bonchev–Trinajstić information content (AvgIpc) is 2.73. The van der Waals surface area contributed by atoms with Gasteiger partial charge in [0.1, 0.15) is 5.82 Å². The quantitative estimate of drug-likeness (QED) is 0.660. The Hall–Kier alpha value is -0.870. The molecule has 0 bridgehead atoms. The van der Waals surface area contributed by atoms with Crippen LogP contribution in [0.25, 0.3) is 0 Å². The van der Waals surface area contributed by atoms with Gasteiger partial charge < -0.3 is 9.88 Å². The Morgan fingerprint density at radius 3 is 2.74 bits per heavy atom. The minimum atomic E-state index is 0.754. The maximum Gasteiger partial charge on any atom is 0.122 e. The number of aryl methyl sites for hydroxylation is 1. The van der Waals surface area contributed by atoms with Crippen LogP contribution in [0.3, 0.4) is 0 Å². The molecule has 1 N–H and O–H groups in total. The highest BCUT2D eigenvalue weighted by molar-refractivity contribution is 4.90. The van der Waals surface area contributed by atoms with Crippen LogP contribution in [-0.4, -0.2) is 41.1 Å². The van der Waals surface area contributed by atoms with Crippen LogP contribution in [0.1, 0.15) is 38.9 Å². The Bertz CT molecular complexity index is 333. The summed E-state index contributed by atoms with van der Waals surface area (Å²) in [5.74, 6) is 1.89. The van der Waals surface area contributed by atoms with Gasteiger partial charge in [-0.05, 0) is 45.4 Å². The molecular formula is C15H30N4. The number of nitrogens with one attached hydrogen (secondary N) is 1. The number of hydrogen-bond acceptors (Lipinski definition) is 3. The summed E-state index contributed by atoms with van der Waals surface area (Å²) >= 11 is 0. The average molecular weight is 266 g/mol. The molecule has 19 heavy (non-hydrogen) atoms. The van der Waals surface area contributed by atoms with Crippen molar-refractivity contribution < 1.29 is 0 Å². The van der Waals surface area contributed by atoms with Crippen LogP contribution in [0, 0.1) is 5.92 Å². The van der Waals surface area contributed by atoms with E-state index in [1.807, 2.05) is 12.4 Å². The van der Waals surface area contributed by atoms with Gasteiger partial charge in [0, 0.05) is 19.4 Å². The van der Waals surface area contributed by atoms with E-state index in [2.05, 4.69) is 47.7 Å². The number of rotatable bonds is 10. The highest BCUT2D eigenvalue weighted by atomic mass is 15.1. The fraction of sp³-hybridized carbons (Fsp3) is 0.800. The first-order valence-electron chi connectivity index (χ1n) is 7.45. The molecule has 1 aromatic heterocycles. The predicted molar refractivity (Wildman–Crippen MR) is 81.1 cm³/mol. The zero-order valence-corrected chi connectivity index (χ0v) is 13.0. The highest BCUT2D eigenvalue weighted by Crippen LogP contribution is 2.02. The normalized spacial score (nSPS) is 11.7. The smallest absolute Gasteiger partial charge is 0.122 e. The lowest BCUT2D eigenvalue weighted by Crippen LogP contribution is -2.22. The summed E-state index contributed by atoms with van der Waals surface area (Å²) in [4.78, 5) is 6.70. The van der Waals surface area contributed by atoms with Crippen LogP contribution >= 0.6 is 0 Å². The summed E-state index contributed by atoms with van der Waals surface area (Å²) in [5, 5.41) is 3.49. The highest BCUT2D eigenvalue weighted by Gasteiger charge is 2.03. The minimum absolute atomic E-state index is 0.754. The fourth-order valence-corrected chi connectivity index (χ4v) is 2.07. The first kappa shape index (κ1) is 16.2. The van der Waals surface area contributed by atoms with E-state index in [1.165, 1.54) is 19.3 Å². The van der Waals surface area contributed by atoms with Gasteiger partial charge in [-0.25, -0.2) is 4.98 Å². The molecule has 0 aliphatic heterocycles. The summed E-state index contributed by atoms with van der Waals surface area (Å²) < 4.78 is 2.09. The van der Waals surface area contributed by atoms with Crippen molar-refractivity contribution in [2.75, 3.05) is 26.7 Å². The van der Waals surface area contributed by atoms with Crippen molar-refractivity contribution >= 4 is 0 Å². The molecule has 1 aromatic rings. The number of aromatic nitrogens is 2. The summed E-state index contributed by atoms with van der Waals surface area (Å²) in [6.45, 7) is 8.88. The molecule has 110 valence electrons. The lowest BCUT2D eigenvalue weighted by Gasteiger charge is -2.16. The lowest BCUT2D eigenvalue weighted by molar-refractivity contribution is 0.306. The second-order valence-electron chi connectivity index (χ2n) is 5.85. The SMILES string of the molecule is CC(C)CNCCCCCN(C)Cc1nccn1C. The third-order valence-electron chi connectivity index (χ3n) is 3.28. The van der Waals surface area contributed by atoms with Crippen LogP contribution in [0.4, 0.5) is 0 Å². The van der Waals surface area contributed by atoms with E-state index in [-0.39, 0.29) is 0 Å². The van der Waals surface area contributed by atoms with E-state index in [4.69, 9.17) is 0 Å². The molecule has 0 aliphatic rings. The number of nitrogens with zero attached hydrogens (tertiary/aromatic N) is 3. The molecular weight excluding hydrogens is 236 g/mol. The van der Waals surface area contributed by atoms with E-state index >= 15 is 0 Å². The summed E-state index contributed by atoms with van der Waals surface area (Å²) in [6.07, 6.45) is 7.72. The van der Waals surface area contributed by atoms with E-state index < -0.39 is 0 Å². The zero-order chi connectivity index (χ0) is 14.1. The molecule has 4 heteroatoms. The first-order valence-corrected chi connectivity index (χ1v) is 7.45. The van der Waals surface area contributed by atoms with Crippen molar-refractivity contribution in [2.45, 2.75) is 39.7 Å². The van der Waals surface area contributed by atoms with Gasteiger partial charge in [-0.2, -0.15) is 0 Å². The van der Waals surface area contributed by atoms with Gasteiger partial charge in [0.15, 0.2) is 0 Å². The van der Waals surface area contributed by atoms with E-state index in [0.29, 0.717) is 0 Å². The molecule has 0 fully saturated rings. The lowest BCUT2D eigenvalue weighted by atomic mass is 10.2. The Morgan fingerprint density at radius 1 is 1.32 bits per heavy atom. The summed E-state index contributed by atoms with van der Waals surface area (Å²) in [5.41, 5.74) is 0. The molecule has 0 saturated carbocycles. The predicted octanol–water partition coefficient (Wildman–Crippen LogP) is 2.27. The Balaban J connectivity index is 1.99. The maximum atomic E-state index is 4.35. The molecule has 0 aliphatic carbocycles. The standard InChI is InChI=1S/C15H30N4/c1-14(2)12-16-8-6-5-7-10-18(3)13-15-17-9-11-19(15)4/h9,11,14,16H,5-8,10,12-13H2,1-4H3. The first-order chi connectivity index (χ1) is 9.09. The monoisotopic (exact) mass is 266 g/mol. The molecule has 4 nitrogen and oxygen atoms in total. The van der Waals surface area contributed by atoms with Crippen LogP contribution in [-0.2, 0) is 13.6 Å². The molecule has 1 heterocycles. The number of unbranched alkanes of at least 4 members (excludes halogenated alkanes) is 2. The van der Waals surface area contributed by atoms with Gasteiger partial charge in [-0.3, -0.25) is 4.90 Å². The zero-order valence-electron chi connectivity index (χ0n) is 13.0. The molecule has 0 atom stereocenters. The van der Waals surface area contributed by atoms with Crippen molar-refractivity contribution in [3.8, 4) is 0 Å². The van der Waals surface area contributed by atoms with E-state index in [0.717, 1.165) is 37.9 Å². The van der Waals surface area contributed by atoms with Crippen molar-refractivity contribution in [2.24, 2.45) is 13.0 Å². The van der Waals surface area contributed by atoms with Crippen molar-refractivity contribution in [3.63, 3.8) is 0 Å². The molecule has 0 unspecified atom stereocenters. The maximum absolute atomic E-state index is 4.35. The van der Waals surface area contributed by atoms with Gasteiger partial charge in [0.05, 0.1) is 6.54 Å². The van der Waals surface area contributed by atoms with Crippen LogP contribution in [0.2, 0.25) is 0 Å². The molecule has 0 saturated heterocycles. The van der Waals surface area contributed by atoms with Gasteiger partial charge >= 0.3 is 0 Å². The van der Waals surface area contributed by atoms with E-state index in [9.17, 15) is 0 Å². The van der Waals surface area contributed by atoms with E-state index in [1.54, 1.807) is 0 Å².